The first-order valence-electron chi connectivity index (χ1n) is 6.71. The number of anilines is 1. The summed E-state index contributed by atoms with van der Waals surface area (Å²) in [5.74, 6) is -0.501. The van der Waals surface area contributed by atoms with E-state index in [1.807, 2.05) is 0 Å². The van der Waals surface area contributed by atoms with Gasteiger partial charge in [-0.1, -0.05) is 25.3 Å². The normalized spacial score (nSPS) is 15.8. The minimum atomic E-state index is -0.652. The summed E-state index contributed by atoms with van der Waals surface area (Å²) < 4.78 is 4.60. The SMILES string of the molecule is COC(=O)c1ccc(C2CCCCC2)c([N+](=O)[O-])c1N. The number of esters is 1. The van der Waals surface area contributed by atoms with E-state index in [0.29, 0.717) is 5.56 Å². The molecule has 108 valence electrons. The van der Waals surface area contributed by atoms with Crippen LogP contribution in [-0.2, 0) is 4.74 Å². The fourth-order valence-electron chi connectivity index (χ4n) is 2.86. The molecule has 0 saturated heterocycles. The highest BCUT2D eigenvalue weighted by Gasteiger charge is 2.29. The molecule has 0 aromatic heterocycles. The summed E-state index contributed by atoms with van der Waals surface area (Å²) in [4.78, 5) is 22.4. The van der Waals surface area contributed by atoms with Gasteiger partial charge in [-0.05, 0) is 24.8 Å². The fourth-order valence-corrected chi connectivity index (χ4v) is 2.86. The lowest BCUT2D eigenvalue weighted by Crippen LogP contribution is -2.13. The molecule has 0 atom stereocenters. The minimum absolute atomic E-state index is 0.0544. The second-order valence-corrected chi connectivity index (χ2v) is 5.05. The molecule has 0 amide bonds. The van der Waals surface area contributed by atoms with Crippen molar-refractivity contribution >= 4 is 17.3 Å². The Morgan fingerprint density at radius 3 is 2.55 bits per heavy atom. The number of hydrogen-bond donors (Lipinski definition) is 1. The van der Waals surface area contributed by atoms with Crippen LogP contribution in [0.25, 0.3) is 0 Å². The van der Waals surface area contributed by atoms with Gasteiger partial charge in [0.1, 0.15) is 5.69 Å². The zero-order chi connectivity index (χ0) is 14.7. The highest BCUT2D eigenvalue weighted by Crippen LogP contribution is 2.41. The summed E-state index contributed by atoms with van der Waals surface area (Å²) in [5, 5.41) is 11.3. The minimum Gasteiger partial charge on any atom is -0.465 e. The molecule has 1 fully saturated rings. The third-order valence-electron chi connectivity index (χ3n) is 3.88. The van der Waals surface area contributed by atoms with E-state index in [-0.39, 0.29) is 22.9 Å². The van der Waals surface area contributed by atoms with Crippen LogP contribution in [0.2, 0.25) is 0 Å². The molecule has 6 nitrogen and oxygen atoms in total. The van der Waals surface area contributed by atoms with Crippen molar-refractivity contribution in [3.8, 4) is 0 Å². The van der Waals surface area contributed by atoms with Crippen LogP contribution >= 0.6 is 0 Å². The van der Waals surface area contributed by atoms with Gasteiger partial charge in [-0.3, -0.25) is 10.1 Å². The average molecular weight is 278 g/mol. The predicted molar refractivity (Wildman–Crippen MR) is 74.7 cm³/mol. The summed E-state index contributed by atoms with van der Waals surface area (Å²) in [6.45, 7) is 0. The number of ether oxygens (including phenoxy) is 1. The maximum absolute atomic E-state index is 11.6. The van der Waals surface area contributed by atoms with Gasteiger partial charge in [0, 0.05) is 5.56 Å². The first kappa shape index (κ1) is 14.3. The van der Waals surface area contributed by atoms with Crippen LogP contribution in [0.5, 0.6) is 0 Å². The van der Waals surface area contributed by atoms with Gasteiger partial charge < -0.3 is 10.5 Å². The number of nitrogen functional groups attached to an aromatic ring is 1. The van der Waals surface area contributed by atoms with Crippen LogP contribution in [0.4, 0.5) is 11.4 Å². The molecule has 0 unspecified atom stereocenters. The fraction of sp³-hybridized carbons (Fsp3) is 0.500. The lowest BCUT2D eigenvalue weighted by atomic mass is 9.82. The van der Waals surface area contributed by atoms with E-state index in [4.69, 9.17) is 5.73 Å². The topological polar surface area (TPSA) is 95.5 Å². The Morgan fingerprint density at radius 2 is 2.00 bits per heavy atom. The summed E-state index contributed by atoms with van der Waals surface area (Å²) in [6, 6.07) is 3.18. The number of methoxy groups -OCH3 is 1. The highest BCUT2D eigenvalue weighted by atomic mass is 16.6. The van der Waals surface area contributed by atoms with Gasteiger partial charge in [0.05, 0.1) is 17.6 Å². The van der Waals surface area contributed by atoms with Crippen molar-refractivity contribution < 1.29 is 14.5 Å². The molecule has 0 bridgehead atoms. The van der Waals surface area contributed by atoms with Crippen molar-refractivity contribution in [1.29, 1.82) is 0 Å². The number of nitro groups is 1. The van der Waals surface area contributed by atoms with Gasteiger partial charge in [-0.2, -0.15) is 0 Å². The number of carbonyl (C=O) groups excluding carboxylic acids is 1. The monoisotopic (exact) mass is 278 g/mol. The Morgan fingerprint density at radius 1 is 1.35 bits per heavy atom. The van der Waals surface area contributed by atoms with Crippen molar-refractivity contribution in [2.24, 2.45) is 0 Å². The van der Waals surface area contributed by atoms with E-state index in [1.165, 1.54) is 19.6 Å². The van der Waals surface area contributed by atoms with E-state index in [9.17, 15) is 14.9 Å². The lowest BCUT2D eigenvalue weighted by Gasteiger charge is -2.22. The number of carbonyl (C=O) groups is 1. The second kappa shape index (κ2) is 5.90. The van der Waals surface area contributed by atoms with Gasteiger partial charge in [-0.15, -0.1) is 0 Å². The van der Waals surface area contributed by atoms with Crippen molar-refractivity contribution in [1.82, 2.24) is 0 Å². The van der Waals surface area contributed by atoms with E-state index >= 15 is 0 Å². The molecule has 1 saturated carbocycles. The molecular formula is C14H18N2O4. The molecule has 0 radical (unpaired) electrons. The van der Waals surface area contributed by atoms with Gasteiger partial charge in [-0.25, -0.2) is 4.79 Å². The van der Waals surface area contributed by atoms with Crippen molar-refractivity contribution in [2.45, 2.75) is 38.0 Å². The summed E-state index contributed by atoms with van der Waals surface area (Å²) in [5.41, 5.74) is 6.29. The largest absolute Gasteiger partial charge is 0.465 e. The molecule has 2 rings (SSSR count). The number of rotatable bonds is 3. The number of nitro benzene ring substituents is 1. The zero-order valence-electron chi connectivity index (χ0n) is 11.4. The van der Waals surface area contributed by atoms with Crippen LogP contribution in [-0.4, -0.2) is 18.0 Å². The molecule has 0 spiro atoms. The van der Waals surface area contributed by atoms with Crippen LogP contribution in [0.1, 0.15) is 53.9 Å². The average Bonchev–Trinajstić information content (AvgIpc) is 2.46. The summed E-state index contributed by atoms with van der Waals surface area (Å²) in [7, 11) is 1.22. The summed E-state index contributed by atoms with van der Waals surface area (Å²) >= 11 is 0. The molecule has 0 heterocycles. The van der Waals surface area contributed by atoms with E-state index in [1.54, 1.807) is 6.07 Å². The Hall–Kier alpha value is -2.11. The molecule has 20 heavy (non-hydrogen) atoms. The van der Waals surface area contributed by atoms with Crippen LogP contribution < -0.4 is 5.73 Å². The first-order chi connectivity index (χ1) is 9.56. The smallest absolute Gasteiger partial charge is 0.340 e. The number of hydrogen-bond acceptors (Lipinski definition) is 5. The highest BCUT2D eigenvalue weighted by molar-refractivity contribution is 5.97. The predicted octanol–water partition coefficient (Wildman–Crippen LogP) is 3.01. The molecule has 1 aliphatic carbocycles. The van der Waals surface area contributed by atoms with Crippen molar-refractivity contribution in [3.05, 3.63) is 33.4 Å². The van der Waals surface area contributed by atoms with Gasteiger partial charge in [0.2, 0.25) is 0 Å². The van der Waals surface area contributed by atoms with Crippen LogP contribution in [0.15, 0.2) is 12.1 Å². The van der Waals surface area contributed by atoms with Gasteiger partial charge in [0.15, 0.2) is 0 Å². The maximum atomic E-state index is 11.6. The maximum Gasteiger partial charge on any atom is 0.340 e. The summed E-state index contributed by atoms with van der Waals surface area (Å²) in [6.07, 6.45) is 5.16. The Balaban J connectivity index is 2.49. The van der Waals surface area contributed by atoms with Gasteiger partial charge in [0.25, 0.3) is 5.69 Å². The van der Waals surface area contributed by atoms with E-state index in [0.717, 1.165) is 25.7 Å². The zero-order valence-corrected chi connectivity index (χ0v) is 11.4. The third kappa shape index (κ3) is 2.59. The third-order valence-corrected chi connectivity index (χ3v) is 3.88. The molecular weight excluding hydrogens is 260 g/mol. The molecule has 2 N–H and O–H groups in total. The van der Waals surface area contributed by atoms with Crippen LogP contribution in [0.3, 0.4) is 0 Å². The molecule has 1 aromatic carbocycles. The Labute approximate surface area is 117 Å². The number of benzene rings is 1. The van der Waals surface area contributed by atoms with E-state index < -0.39 is 10.9 Å². The molecule has 0 aliphatic heterocycles. The quantitative estimate of drug-likeness (QED) is 0.397. The van der Waals surface area contributed by atoms with Crippen molar-refractivity contribution in [3.63, 3.8) is 0 Å². The molecule has 1 aliphatic rings. The standard InChI is InChI=1S/C14H18N2O4/c1-20-14(17)11-8-7-10(9-5-3-2-4-6-9)13(12(11)15)16(18)19/h7-9H,2-6,15H2,1H3. The number of nitrogens with zero attached hydrogens (tertiary/aromatic N) is 1. The Kier molecular flexibility index (Phi) is 4.22. The molecule has 1 aromatic rings. The van der Waals surface area contributed by atoms with Crippen molar-refractivity contribution in [2.75, 3.05) is 12.8 Å². The molecule has 6 heteroatoms. The number of nitrogens with two attached hydrogens (primary N) is 1. The van der Waals surface area contributed by atoms with Crippen LogP contribution in [0, 0.1) is 10.1 Å². The Bertz CT molecular complexity index is 536. The van der Waals surface area contributed by atoms with Gasteiger partial charge >= 0.3 is 5.97 Å². The first-order valence-corrected chi connectivity index (χ1v) is 6.71. The van der Waals surface area contributed by atoms with E-state index in [2.05, 4.69) is 4.74 Å². The lowest BCUT2D eigenvalue weighted by molar-refractivity contribution is -0.384. The second-order valence-electron chi connectivity index (χ2n) is 5.05.